The maximum absolute atomic E-state index is 13.3. The number of nitrogens with zero attached hydrogens (tertiary/aromatic N) is 2. The highest BCUT2D eigenvalue weighted by atomic mass is 35.5. The standard InChI is InChI=1S/C26H25ClN4O4/c27-19-8-4-5-9-20(19)31-15-14-26(25(31)34)12-10-17(11-13-26)30-23(32)21-22(29-16-28-21)24(33)35-18-6-2-1-3-7-18/h1-9,16-17H,10-15H2,(H,28,29)(H,30,32). The maximum atomic E-state index is 13.3. The third-order valence-corrected chi connectivity index (χ3v) is 7.27. The Morgan fingerprint density at radius 2 is 1.77 bits per heavy atom. The lowest BCUT2D eigenvalue weighted by Gasteiger charge is -2.36. The van der Waals surface area contributed by atoms with E-state index in [1.54, 1.807) is 35.2 Å². The Morgan fingerprint density at radius 3 is 2.51 bits per heavy atom. The monoisotopic (exact) mass is 492 g/mol. The fourth-order valence-electron chi connectivity index (χ4n) is 5.02. The lowest BCUT2D eigenvalue weighted by molar-refractivity contribution is -0.127. The first-order chi connectivity index (χ1) is 17.0. The highest BCUT2D eigenvalue weighted by Gasteiger charge is 2.49. The van der Waals surface area contributed by atoms with Crippen molar-refractivity contribution < 1.29 is 19.1 Å². The number of aromatic amines is 1. The molecule has 180 valence electrons. The van der Waals surface area contributed by atoms with Crippen LogP contribution in [0, 0.1) is 5.41 Å². The smallest absolute Gasteiger partial charge is 0.364 e. The number of nitrogens with one attached hydrogen (secondary N) is 2. The summed E-state index contributed by atoms with van der Waals surface area (Å²) in [5, 5.41) is 3.56. The molecule has 3 aromatic rings. The van der Waals surface area contributed by atoms with E-state index in [4.69, 9.17) is 16.3 Å². The van der Waals surface area contributed by atoms with E-state index in [1.807, 2.05) is 24.3 Å². The Labute approximate surface area is 207 Å². The number of hydrogen-bond acceptors (Lipinski definition) is 5. The summed E-state index contributed by atoms with van der Waals surface area (Å²) >= 11 is 6.32. The van der Waals surface area contributed by atoms with Crippen LogP contribution in [0.4, 0.5) is 5.69 Å². The average molecular weight is 493 g/mol. The molecule has 1 aliphatic heterocycles. The van der Waals surface area contributed by atoms with E-state index in [9.17, 15) is 14.4 Å². The predicted molar refractivity (Wildman–Crippen MR) is 131 cm³/mol. The number of amides is 2. The van der Waals surface area contributed by atoms with E-state index in [2.05, 4.69) is 15.3 Å². The van der Waals surface area contributed by atoms with Crippen molar-refractivity contribution in [1.82, 2.24) is 15.3 Å². The number of carbonyl (C=O) groups excluding carboxylic acids is 3. The second-order valence-electron chi connectivity index (χ2n) is 9.01. The molecule has 2 aromatic carbocycles. The van der Waals surface area contributed by atoms with Gasteiger partial charge in [-0.1, -0.05) is 41.9 Å². The fraction of sp³-hybridized carbons (Fsp3) is 0.308. The van der Waals surface area contributed by atoms with Gasteiger partial charge < -0.3 is 19.9 Å². The van der Waals surface area contributed by atoms with Crippen molar-refractivity contribution in [3.63, 3.8) is 0 Å². The SMILES string of the molecule is O=C(Oc1ccccc1)c1nc[nH]c1C(=O)NC1CCC2(CC1)CCN(c1ccccc1Cl)C2=O. The first kappa shape index (κ1) is 23.1. The van der Waals surface area contributed by atoms with Gasteiger partial charge in [0.15, 0.2) is 5.69 Å². The minimum Gasteiger partial charge on any atom is -0.422 e. The Kier molecular flexibility index (Phi) is 6.30. The number of imidazole rings is 1. The molecule has 1 saturated carbocycles. The molecule has 2 fully saturated rings. The normalized spacial score (nSPS) is 21.8. The number of carbonyl (C=O) groups is 3. The molecule has 2 heterocycles. The molecule has 1 aromatic heterocycles. The number of ether oxygens (including phenoxy) is 1. The molecule has 1 aliphatic carbocycles. The highest BCUT2D eigenvalue weighted by molar-refractivity contribution is 6.34. The summed E-state index contributed by atoms with van der Waals surface area (Å²) in [6.07, 6.45) is 4.78. The number of aromatic nitrogens is 2. The number of hydrogen-bond donors (Lipinski definition) is 2. The minimum atomic E-state index is -0.707. The van der Waals surface area contributed by atoms with Gasteiger partial charge in [-0.25, -0.2) is 9.78 Å². The third kappa shape index (κ3) is 4.53. The Morgan fingerprint density at radius 1 is 1.06 bits per heavy atom. The van der Waals surface area contributed by atoms with Gasteiger partial charge in [0.05, 0.1) is 22.5 Å². The largest absolute Gasteiger partial charge is 0.422 e. The predicted octanol–water partition coefficient (Wildman–Crippen LogP) is 4.38. The van der Waals surface area contributed by atoms with Gasteiger partial charge in [-0.3, -0.25) is 9.59 Å². The molecule has 35 heavy (non-hydrogen) atoms. The molecular formula is C26H25ClN4O4. The molecule has 1 spiro atoms. The maximum Gasteiger partial charge on any atom is 0.364 e. The van der Waals surface area contributed by atoms with Crippen LogP contribution in [0.1, 0.15) is 53.1 Å². The van der Waals surface area contributed by atoms with Gasteiger partial charge in [0, 0.05) is 12.6 Å². The van der Waals surface area contributed by atoms with Crippen LogP contribution in [0.15, 0.2) is 60.9 Å². The van der Waals surface area contributed by atoms with Crippen LogP contribution in [0.2, 0.25) is 5.02 Å². The molecule has 0 radical (unpaired) electrons. The summed E-state index contributed by atoms with van der Waals surface area (Å²) < 4.78 is 5.32. The average Bonchev–Trinajstić information content (AvgIpc) is 3.48. The lowest BCUT2D eigenvalue weighted by Crippen LogP contribution is -2.44. The van der Waals surface area contributed by atoms with Crippen LogP contribution >= 0.6 is 11.6 Å². The van der Waals surface area contributed by atoms with Gasteiger partial charge in [0.1, 0.15) is 11.4 Å². The second kappa shape index (κ2) is 9.54. The van der Waals surface area contributed by atoms with Gasteiger partial charge in [-0.05, 0) is 56.4 Å². The van der Waals surface area contributed by atoms with Crippen molar-refractivity contribution in [2.24, 2.45) is 5.41 Å². The lowest BCUT2D eigenvalue weighted by atomic mass is 9.71. The molecule has 8 nitrogen and oxygen atoms in total. The molecule has 0 bridgehead atoms. The molecule has 0 atom stereocenters. The van der Waals surface area contributed by atoms with Crippen LogP contribution in [0.5, 0.6) is 5.75 Å². The number of anilines is 1. The highest BCUT2D eigenvalue weighted by Crippen LogP contribution is 2.47. The Bertz CT molecular complexity index is 1250. The van der Waals surface area contributed by atoms with Crippen LogP contribution in [-0.2, 0) is 4.79 Å². The van der Waals surface area contributed by atoms with Gasteiger partial charge in [0.25, 0.3) is 5.91 Å². The first-order valence-corrected chi connectivity index (χ1v) is 12.0. The van der Waals surface area contributed by atoms with E-state index in [0.717, 1.165) is 12.1 Å². The van der Waals surface area contributed by atoms with E-state index in [0.29, 0.717) is 43.0 Å². The number of H-pyrrole nitrogens is 1. The molecular weight excluding hydrogens is 468 g/mol. The molecule has 5 rings (SSSR count). The van der Waals surface area contributed by atoms with Crippen molar-refractivity contribution in [2.45, 2.75) is 38.1 Å². The van der Waals surface area contributed by atoms with E-state index in [-0.39, 0.29) is 23.3 Å². The first-order valence-electron chi connectivity index (χ1n) is 11.6. The number of halogens is 1. The summed E-state index contributed by atoms with van der Waals surface area (Å²) in [5.41, 5.74) is 0.327. The topological polar surface area (TPSA) is 104 Å². The number of benzene rings is 2. The van der Waals surface area contributed by atoms with E-state index >= 15 is 0 Å². The number of rotatable bonds is 5. The summed E-state index contributed by atoms with van der Waals surface area (Å²) in [6, 6.07) is 15.9. The Hall–Kier alpha value is -3.65. The molecule has 2 aliphatic rings. The third-order valence-electron chi connectivity index (χ3n) is 6.95. The van der Waals surface area contributed by atoms with Crippen LogP contribution in [0.25, 0.3) is 0 Å². The molecule has 0 unspecified atom stereocenters. The zero-order valence-corrected chi connectivity index (χ0v) is 19.8. The van der Waals surface area contributed by atoms with Crippen molar-refractivity contribution in [1.29, 1.82) is 0 Å². The van der Waals surface area contributed by atoms with Crippen molar-refractivity contribution in [3.05, 3.63) is 77.3 Å². The second-order valence-corrected chi connectivity index (χ2v) is 9.42. The molecule has 2 amide bonds. The number of para-hydroxylation sites is 2. The van der Waals surface area contributed by atoms with Crippen LogP contribution < -0.4 is 15.0 Å². The molecule has 9 heteroatoms. The van der Waals surface area contributed by atoms with Crippen LogP contribution in [0.3, 0.4) is 0 Å². The molecule has 2 N–H and O–H groups in total. The summed E-state index contributed by atoms with van der Waals surface area (Å²) in [4.78, 5) is 47.3. The summed E-state index contributed by atoms with van der Waals surface area (Å²) in [7, 11) is 0. The summed E-state index contributed by atoms with van der Waals surface area (Å²) in [5.74, 6) is -0.647. The van der Waals surface area contributed by atoms with Gasteiger partial charge in [-0.2, -0.15) is 0 Å². The van der Waals surface area contributed by atoms with Gasteiger partial charge >= 0.3 is 5.97 Å². The number of esters is 1. The van der Waals surface area contributed by atoms with Crippen molar-refractivity contribution in [3.8, 4) is 5.75 Å². The molecule has 1 saturated heterocycles. The Balaban J connectivity index is 1.20. The summed E-state index contributed by atoms with van der Waals surface area (Å²) in [6.45, 7) is 0.640. The quantitative estimate of drug-likeness (QED) is 0.406. The fourth-order valence-corrected chi connectivity index (χ4v) is 5.26. The van der Waals surface area contributed by atoms with Crippen LogP contribution in [-0.4, -0.2) is 40.3 Å². The van der Waals surface area contributed by atoms with Crippen molar-refractivity contribution >= 4 is 35.1 Å². The zero-order chi connectivity index (χ0) is 24.4. The van der Waals surface area contributed by atoms with E-state index in [1.165, 1.54) is 6.33 Å². The van der Waals surface area contributed by atoms with Crippen molar-refractivity contribution in [2.75, 3.05) is 11.4 Å². The van der Waals surface area contributed by atoms with Gasteiger partial charge in [0.2, 0.25) is 5.91 Å². The van der Waals surface area contributed by atoms with Gasteiger partial charge in [-0.15, -0.1) is 0 Å². The zero-order valence-electron chi connectivity index (χ0n) is 19.0. The van der Waals surface area contributed by atoms with E-state index < -0.39 is 17.3 Å². The minimum absolute atomic E-state index is 0.0630.